The minimum absolute atomic E-state index is 0.0149. The summed E-state index contributed by atoms with van der Waals surface area (Å²) < 4.78 is 1.87. The fourth-order valence-electron chi connectivity index (χ4n) is 2.81. The summed E-state index contributed by atoms with van der Waals surface area (Å²) in [5.41, 5.74) is 3.48. The Morgan fingerprint density at radius 3 is 2.78 bits per heavy atom. The van der Waals surface area contributed by atoms with E-state index >= 15 is 0 Å². The Balaban J connectivity index is 2.07. The van der Waals surface area contributed by atoms with Gasteiger partial charge in [0.1, 0.15) is 0 Å². The zero-order valence-electron chi connectivity index (χ0n) is 13.6. The Bertz CT molecular complexity index is 719. The van der Waals surface area contributed by atoms with Gasteiger partial charge in [0.2, 0.25) is 0 Å². The van der Waals surface area contributed by atoms with Crippen molar-refractivity contribution in [1.29, 1.82) is 0 Å². The van der Waals surface area contributed by atoms with Crippen molar-refractivity contribution in [3.05, 3.63) is 46.2 Å². The van der Waals surface area contributed by atoms with E-state index in [1.54, 1.807) is 0 Å². The van der Waals surface area contributed by atoms with Gasteiger partial charge in [0, 0.05) is 11.1 Å². The number of nitrogens with zero attached hydrogens (tertiary/aromatic N) is 2. The smallest absolute Gasteiger partial charge is 0.255 e. The molecule has 0 aliphatic heterocycles. The van der Waals surface area contributed by atoms with E-state index < -0.39 is 0 Å². The van der Waals surface area contributed by atoms with Crippen molar-refractivity contribution >= 4 is 17.5 Å². The van der Waals surface area contributed by atoms with Crippen molar-refractivity contribution in [3.8, 4) is 5.69 Å². The van der Waals surface area contributed by atoms with Crippen molar-refractivity contribution < 1.29 is 4.79 Å². The van der Waals surface area contributed by atoms with Crippen LogP contribution >= 0.6 is 11.6 Å². The number of hydrogen-bond acceptors (Lipinski definition) is 2. The van der Waals surface area contributed by atoms with E-state index in [-0.39, 0.29) is 5.91 Å². The topological polar surface area (TPSA) is 46.9 Å². The van der Waals surface area contributed by atoms with E-state index in [1.807, 2.05) is 28.9 Å². The maximum absolute atomic E-state index is 12.7. The molecule has 4 nitrogen and oxygen atoms in total. The van der Waals surface area contributed by atoms with Crippen molar-refractivity contribution in [1.82, 2.24) is 15.1 Å². The summed E-state index contributed by atoms with van der Waals surface area (Å²) in [7, 11) is 0. The number of halogens is 1. The molecule has 1 aliphatic rings. The standard InChI is InChI=1S/C18H22ClN3O/c1-3-6-15-17(18(23)20-13-9-10-13)16(4-2)22(21-15)14-8-5-7-12(19)11-14/h5,7-8,11,13H,3-4,6,9-10H2,1-2H3,(H,20,23). The van der Waals surface area contributed by atoms with Crippen LogP contribution in [0, 0.1) is 0 Å². The fraction of sp³-hybridized carbons (Fsp3) is 0.444. The average molecular weight is 332 g/mol. The first-order valence-corrected chi connectivity index (χ1v) is 8.69. The summed E-state index contributed by atoms with van der Waals surface area (Å²) >= 11 is 6.12. The van der Waals surface area contributed by atoms with E-state index in [2.05, 4.69) is 19.2 Å². The first-order valence-electron chi connectivity index (χ1n) is 8.31. The largest absolute Gasteiger partial charge is 0.349 e. The van der Waals surface area contributed by atoms with Gasteiger partial charge >= 0.3 is 0 Å². The fourth-order valence-corrected chi connectivity index (χ4v) is 3.00. The Labute approximate surface area is 141 Å². The number of carbonyl (C=O) groups is 1. The molecule has 2 aromatic rings. The molecule has 1 aromatic heterocycles. The second-order valence-electron chi connectivity index (χ2n) is 6.01. The minimum Gasteiger partial charge on any atom is -0.349 e. The van der Waals surface area contributed by atoms with Crippen molar-refractivity contribution in [2.24, 2.45) is 0 Å². The molecular weight excluding hydrogens is 310 g/mol. The summed E-state index contributed by atoms with van der Waals surface area (Å²) in [6.07, 6.45) is 4.67. The lowest BCUT2D eigenvalue weighted by molar-refractivity contribution is 0.0949. The van der Waals surface area contributed by atoms with Crippen LogP contribution in [0.3, 0.4) is 0 Å². The van der Waals surface area contributed by atoms with Crippen LogP contribution in [-0.4, -0.2) is 21.7 Å². The maximum Gasteiger partial charge on any atom is 0.255 e. The molecule has 3 rings (SSSR count). The number of hydrogen-bond donors (Lipinski definition) is 1. The minimum atomic E-state index is 0.0149. The van der Waals surface area contributed by atoms with Crippen molar-refractivity contribution in [2.45, 2.75) is 52.0 Å². The molecule has 1 aromatic carbocycles. The van der Waals surface area contributed by atoms with Gasteiger partial charge in [-0.3, -0.25) is 4.79 Å². The molecule has 23 heavy (non-hydrogen) atoms. The third kappa shape index (κ3) is 3.42. The van der Waals surface area contributed by atoms with Crippen molar-refractivity contribution in [3.63, 3.8) is 0 Å². The van der Waals surface area contributed by atoms with Crippen molar-refractivity contribution in [2.75, 3.05) is 0 Å². The second kappa shape index (κ2) is 6.75. The molecule has 1 saturated carbocycles. The monoisotopic (exact) mass is 331 g/mol. The lowest BCUT2D eigenvalue weighted by atomic mass is 10.1. The molecule has 0 atom stereocenters. The zero-order valence-corrected chi connectivity index (χ0v) is 14.4. The average Bonchev–Trinajstić information content (AvgIpc) is 3.26. The molecule has 0 spiro atoms. The normalized spacial score (nSPS) is 14.0. The zero-order chi connectivity index (χ0) is 16.4. The molecular formula is C18H22ClN3O. The molecule has 0 radical (unpaired) electrons. The van der Waals surface area contributed by atoms with E-state index in [9.17, 15) is 4.79 Å². The number of benzene rings is 1. The van der Waals surface area contributed by atoms with Crippen LogP contribution in [0.5, 0.6) is 0 Å². The highest BCUT2D eigenvalue weighted by atomic mass is 35.5. The predicted octanol–water partition coefficient (Wildman–Crippen LogP) is 3.93. The molecule has 0 saturated heterocycles. The number of rotatable bonds is 6. The highest BCUT2D eigenvalue weighted by molar-refractivity contribution is 6.30. The van der Waals surface area contributed by atoms with Crippen LogP contribution in [0.15, 0.2) is 24.3 Å². The predicted molar refractivity (Wildman–Crippen MR) is 92.4 cm³/mol. The number of carbonyl (C=O) groups excluding carboxylic acids is 1. The molecule has 5 heteroatoms. The molecule has 0 bridgehead atoms. The molecule has 1 amide bonds. The van der Waals surface area contributed by atoms with Gasteiger partial charge in [0.15, 0.2) is 0 Å². The van der Waals surface area contributed by atoms with Crippen LogP contribution in [0.4, 0.5) is 0 Å². The Morgan fingerprint density at radius 1 is 1.39 bits per heavy atom. The summed E-state index contributed by atoms with van der Waals surface area (Å²) in [6.45, 7) is 4.16. The third-order valence-electron chi connectivity index (χ3n) is 4.07. The Hall–Kier alpha value is -1.81. The highest BCUT2D eigenvalue weighted by Crippen LogP contribution is 2.25. The van der Waals surface area contributed by atoms with Crippen LogP contribution in [0.25, 0.3) is 5.69 Å². The lowest BCUT2D eigenvalue weighted by Crippen LogP contribution is -2.27. The molecule has 1 aliphatic carbocycles. The first kappa shape index (κ1) is 16.1. The van der Waals surface area contributed by atoms with Crippen LogP contribution in [0.1, 0.15) is 54.9 Å². The number of amides is 1. The van der Waals surface area contributed by atoms with Crippen LogP contribution in [-0.2, 0) is 12.8 Å². The van der Waals surface area contributed by atoms with E-state index in [0.29, 0.717) is 11.1 Å². The van der Waals surface area contributed by atoms with Gasteiger partial charge in [-0.05, 0) is 43.9 Å². The summed E-state index contributed by atoms with van der Waals surface area (Å²) in [4.78, 5) is 12.7. The molecule has 122 valence electrons. The molecule has 0 unspecified atom stereocenters. The molecule has 1 fully saturated rings. The van der Waals surface area contributed by atoms with Gasteiger partial charge in [-0.15, -0.1) is 0 Å². The Morgan fingerprint density at radius 2 is 2.17 bits per heavy atom. The van der Waals surface area contributed by atoms with Gasteiger partial charge in [-0.2, -0.15) is 5.10 Å². The van der Waals surface area contributed by atoms with Gasteiger partial charge in [0.25, 0.3) is 5.91 Å². The van der Waals surface area contributed by atoms with E-state index in [0.717, 1.165) is 54.7 Å². The SMILES string of the molecule is CCCc1nn(-c2cccc(Cl)c2)c(CC)c1C(=O)NC1CC1. The summed E-state index contributed by atoms with van der Waals surface area (Å²) in [6, 6.07) is 7.94. The quantitative estimate of drug-likeness (QED) is 0.871. The summed E-state index contributed by atoms with van der Waals surface area (Å²) in [5, 5.41) is 8.50. The summed E-state index contributed by atoms with van der Waals surface area (Å²) in [5.74, 6) is 0.0149. The number of nitrogens with one attached hydrogen (secondary N) is 1. The Kier molecular flexibility index (Phi) is 4.71. The molecule has 1 heterocycles. The van der Waals surface area contributed by atoms with Gasteiger partial charge in [0.05, 0.1) is 22.6 Å². The highest BCUT2D eigenvalue weighted by Gasteiger charge is 2.28. The van der Waals surface area contributed by atoms with E-state index in [4.69, 9.17) is 16.7 Å². The van der Waals surface area contributed by atoms with E-state index in [1.165, 1.54) is 0 Å². The lowest BCUT2D eigenvalue weighted by Gasteiger charge is -2.08. The number of aryl methyl sites for hydroxylation is 1. The maximum atomic E-state index is 12.7. The van der Waals surface area contributed by atoms with Gasteiger partial charge in [-0.25, -0.2) is 4.68 Å². The second-order valence-corrected chi connectivity index (χ2v) is 6.45. The first-order chi connectivity index (χ1) is 11.1. The van der Waals surface area contributed by atoms with Gasteiger partial charge < -0.3 is 5.32 Å². The third-order valence-corrected chi connectivity index (χ3v) is 4.30. The molecule has 1 N–H and O–H groups in total. The van der Waals surface area contributed by atoms with Crippen LogP contribution in [0.2, 0.25) is 5.02 Å². The van der Waals surface area contributed by atoms with Gasteiger partial charge in [-0.1, -0.05) is 37.9 Å². The number of aromatic nitrogens is 2. The van der Waals surface area contributed by atoms with Crippen LogP contribution < -0.4 is 5.32 Å².